The monoisotopic (exact) mass is 294 g/mol. The van der Waals surface area contributed by atoms with Crippen molar-refractivity contribution in [3.05, 3.63) is 54.2 Å². The molecule has 2 aromatic carbocycles. The number of rotatable bonds is 3. The first-order valence-electron chi connectivity index (χ1n) is 6.75. The van der Waals surface area contributed by atoms with Gasteiger partial charge in [0.05, 0.1) is 5.52 Å². The number of aromatic nitrogens is 2. The Morgan fingerprint density at radius 1 is 0.955 bits per heavy atom. The van der Waals surface area contributed by atoms with E-state index in [2.05, 4.69) is 20.8 Å². The van der Waals surface area contributed by atoms with Crippen LogP contribution in [-0.2, 0) is 4.79 Å². The van der Waals surface area contributed by atoms with Crippen molar-refractivity contribution in [3.8, 4) is 0 Å². The van der Waals surface area contributed by atoms with Gasteiger partial charge < -0.3 is 10.6 Å². The third kappa shape index (κ3) is 2.80. The molecule has 0 saturated carbocycles. The minimum absolute atomic E-state index is 0.139. The molecule has 1 aromatic heterocycles. The Hall–Kier alpha value is -3.15. The highest BCUT2D eigenvalue weighted by molar-refractivity contribution is 6.11. The van der Waals surface area contributed by atoms with E-state index in [0.29, 0.717) is 17.1 Å². The van der Waals surface area contributed by atoms with Crippen LogP contribution in [0.3, 0.4) is 0 Å². The second-order valence-electron chi connectivity index (χ2n) is 4.83. The topological polar surface area (TPSA) is 86.9 Å². The number of hydrogen-bond acceptors (Lipinski definition) is 3. The number of anilines is 2. The molecule has 0 atom stereocenters. The van der Waals surface area contributed by atoms with Crippen molar-refractivity contribution in [2.75, 3.05) is 10.6 Å². The molecule has 0 aliphatic heterocycles. The number of aromatic amines is 1. The van der Waals surface area contributed by atoms with E-state index in [0.717, 1.165) is 10.9 Å². The van der Waals surface area contributed by atoms with Gasteiger partial charge in [0.1, 0.15) is 0 Å². The molecule has 3 aromatic rings. The average molecular weight is 294 g/mol. The Morgan fingerprint density at radius 2 is 1.59 bits per heavy atom. The van der Waals surface area contributed by atoms with Crippen molar-refractivity contribution in [2.24, 2.45) is 0 Å². The van der Waals surface area contributed by atoms with E-state index in [1.54, 1.807) is 24.3 Å². The smallest absolute Gasteiger partial charge is 0.276 e. The molecule has 0 aliphatic carbocycles. The summed E-state index contributed by atoms with van der Waals surface area (Å²) in [5, 5.41) is 13.1. The summed E-state index contributed by atoms with van der Waals surface area (Å²) in [7, 11) is 0. The first-order chi connectivity index (χ1) is 10.6. The Morgan fingerprint density at radius 3 is 2.27 bits per heavy atom. The van der Waals surface area contributed by atoms with Crippen LogP contribution >= 0.6 is 0 Å². The molecular weight excluding hydrogens is 280 g/mol. The molecule has 3 N–H and O–H groups in total. The summed E-state index contributed by atoms with van der Waals surface area (Å²) in [5.41, 5.74) is 2.47. The lowest BCUT2D eigenvalue weighted by Gasteiger charge is -2.06. The van der Waals surface area contributed by atoms with Crippen LogP contribution in [-0.4, -0.2) is 22.0 Å². The normalized spacial score (nSPS) is 10.4. The van der Waals surface area contributed by atoms with Gasteiger partial charge in [-0.3, -0.25) is 14.7 Å². The van der Waals surface area contributed by atoms with Crippen molar-refractivity contribution < 1.29 is 9.59 Å². The standard InChI is InChI=1S/C16H14N4O2/c1-10(21)17-11-6-8-12(9-7-11)18-16(22)15-13-4-2-3-5-14(13)19-20-15/h2-9H,1H3,(H,17,21)(H,18,22)(H,19,20). The van der Waals surface area contributed by atoms with Crippen LogP contribution in [0.4, 0.5) is 11.4 Å². The van der Waals surface area contributed by atoms with E-state index in [1.165, 1.54) is 6.92 Å². The highest BCUT2D eigenvalue weighted by Gasteiger charge is 2.13. The summed E-state index contributed by atoms with van der Waals surface area (Å²) in [4.78, 5) is 23.3. The Kier molecular flexibility index (Phi) is 3.57. The molecule has 0 saturated heterocycles. The number of carbonyl (C=O) groups is 2. The van der Waals surface area contributed by atoms with Crippen LogP contribution in [0.15, 0.2) is 48.5 Å². The minimum atomic E-state index is -0.287. The van der Waals surface area contributed by atoms with Gasteiger partial charge in [-0.1, -0.05) is 18.2 Å². The van der Waals surface area contributed by atoms with E-state index in [-0.39, 0.29) is 11.8 Å². The molecule has 6 heteroatoms. The van der Waals surface area contributed by atoms with E-state index in [1.807, 2.05) is 24.3 Å². The minimum Gasteiger partial charge on any atom is -0.326 e. The lowest BCUT2D eigenvalue weighted by atomic mass is 10.2. The van der Waals surface area contributed by atoms with E-state index >= 15 is 0 Å². The van der Waals surface area contributed by atoms with E-state index in [4.69, 9.17) is 0 Å². The molecule has 110 valence electrons. The van der Waals surface area contributed by atoms with Crippen molar-refractivity contribution in [2.45, 2.75) is 6.92 Å². The molecule has 0 bridgehead atoms. The summed E-state index contributed by atoms with van der Waals surface area (Å²) in [5.74, 6) is -0.426. The van der Waals surface area contributed by atoms with Crippen LogP contribution < -0.4 is 10.6 Å². The number of fused-ring (bicyclic) bond motifs is 1. The van der Waals surface area contributed by atoms with E-state index in [9.17, 15) is 9.59 Å². The zero-order valence-corrected chi connectivity index (χ0v) is 11.9. The molecule has 0 aliphatic rings. The zero-order valence-electron chi connectivity index (χ0n) is 11.9. The van der Waals surface area contributed by atoms with Gasteiger partial charge in [0.25, 0.3) is 5.91 Å². The summed E-state index contributed by atoms with van der Waals surface area (Å²) >= 11 is 0. The summed E-state index contributed by atoms with van der Waals surface area (Å²) in [6.07, 6.45) is 0. The lowest BCUT2D eigenvalue weighted by Crippen LogP contribution is -2.13. The third-order valence-electron chi connectivity index (χ3n) is 3.15. The highest BCUT2D eigenvalue weighted by atomic mass is 16.2. The van der Waals surface area contributed by atoms with Gasteiger partial charge in [0.2, 0.25) is 5.91 Å². The first-order valence-corrected chi connectivity index (χ1v) is 6.75. The summed E-state index contributed by atoms with van der Waals surface area (Å²) in [6, 6.07) is 14.3. The molecule has 0 fully saturated rings. The molecule has 6 nitrogen and oxygen atoms in total. The number of H-pyrrole nitrogens is 1. The predicted molar refractivity (Wildman–Crippen MR) is 84.8 cm³/mol. The second kappa shape index (κ2) is 5.69. The quantitative estimate of drug-likeness (QED) is 0.694. The van der Waals surface area contributed by atoms with Crippen LogP contribution in [0.2, 0.25) is 0 Å². The van der Waals surface area contributed by atoms with Gasteiger partial charge >= 0.3 is 0 Å². The largest absolute Gasteiger partial charge is 0.326 e. The van der Waals surface area contributed by atoms with Crippen molar-refractivity contribution in [1.29, 1.82) is 0 Å². The predicted octanol–water partition coefficient (Wildman–Crippen LogP) is 2.77. The van der Waals surface area contributed by atoms with Crippen molar-refractivity contribution in [1.82, 2.24) is 10.2 Å². The molecule has 22 heavy (non-hydrogen) atoms. The zero-order chi connectivity index (χ0) is 15.5. The maximum atomic E-state index is 12.3. The second-order valence-corrected chi connectivity index (χ2v) is 4.83. The lowest BCUT2D eigenvalue weighted by molar-refractivity contribution is -0.114. The number of nitrogens with one attached hydrogen (secondary N) is 3. The van der Waals surface area contributed by atoms with Crippen LogP contribution in [0.25, 0.3) is 10.9 Å². The molecular formula is C16H14N4O2. The van der Waals surface area contributed by atoms with Gasteiger partial charge in [0, 0.05) is 23.7 Å². The number of amides is 2. The van der Waals surface area contributed by atoms with Gasteiger partial charge in [0.15, 0.2) is 5.69 Å². The maximum absolute atomic E-state index is 12.3. The number of para-hydroxylation sites is 1. The fourth-order valence-electron chi connectivity index (χ4n) is 2.17. The van der Waals surface area contributed by atoms with Crippen molar-refractivity contribution >= 4 is 34.1 Å². The first kappa shape index (κ1) is 13.8. The number of carbonyl (C=O) groups excluding carboxylic acids is 2. The molecule has 0 radical (unpaired) electrons. The van der Waals surface area contributed by atoms with Crippen molar-refractivity contribution in [3.63, 3.8) is 0 Å². The number of benzene rings is 2. The highest BCUT2D eigenvalue weighted by Crippen LogP contribution is 2.18. The summed E-state index contributed by atoms with van der Waals surface area (Å²) < 4.78 is 0. The van der Waals surface area contributed by atoms with Gasteiger partial charge in [-0.25, -0.2) is 0 Å². The Labute approximate surface area is 126 Å². The van der Waals surface area contributed by atoms with Crippen LogP contribution in [0.5, 0.6) is 0 Å². The SMILES string of the molecule is CC(=O)Nc1ccc(NC(=O)c2n[nH]c3ccccc23)cc1. The molecule has 0 unspecified atom stereocenters. The fourth-order valence-corrected chi connectivity index (χ4v) is 2.17. The van der Waals surface area contributed by atoms with Gasteiger partial charge in [-0.05, 0) is 30.3 Å². The summed E-state index contributed by atoms with van der Waals surface area (Å²) in [6.45, 7) is 1.44. The number of nitrogens with zero attached hydrogens (tertiary/aromatic N) is 1. The average Bonchev–Trinajstić information content (AvgIpc) is 2.93. The van der Waals surface area contributed by atoms with Crippen LogP contribution in [0, 0.1) is 0 Å². The van der Waals surface area contributed by atoms with Gasteiger partial charge in [-0.15, -0.1) is 0 Å². The van der Waals surface area contributed by atoms with E-state index < -0.39 is 0 Å². The third-order valence-corrected chi connectivity index (χ3v) is 3.15. The molecule has 1 heterocycles. The van der Waals surface area contributed by atoms with Gasteiger partial charge in [-0.2, -0.15) is 5.10 Å². The fraction of sp³-hybridized carbons (Fsp3) is 0.0625. The Balaban J connectivity index is 1.78. The van der Waals surface area contributed by atoms with Crippen LogP contribution in [0.1, 0.15) is 17.4 Å². The molecule has 3 rings (SSSR count). The molecule has 0 spiro atoms. The molecule has 2 amide bonds. The Bertz CT molecular complexity index is 837. The number of hydrogen-bond donors (Lipinski definition) is 3. The maximum Gasteiger partial charge on any atom is 0.276 e.